The zero-order valence-corrected chi connectivity index (χ0v) is 83.0. The van der Waals surface area contributed by atoms with Gasteiger partial charge in [0.15, 0.2) is 52.4 Å². The number of thiophene rings is 3. The maximum Gasteiger partial charge on any atom is 0.166 e. The van der Waals surface area contributed by atoms with E-state index >= 15 is 0 Å². The van der Waals surface area contributed by atoms with E-state index in [1.807, 2.05) is 131 Å². The van der Waals surface area contributed by atoms with Crippen molar-refractivity contribution in [3.63, 3.8) is 0 Å². The Hall–Kier alpha value is -19.3. The summed E-state index contributed by atoms with van der Waals surface area (Å²) in [7, 11) is 0. The van der Waals surface area contributed by atoms with Crippen molar-refractivity contribution >= 4 is 160 Å². The summed E-state index contributed by atoms with van der Waals surface area (Å²) in [6.45, 7) is 0. The van der Waals surface area contributed by atoms with E-state index in [9.17, 15) is 0 Å². The van der Waals surface area contributed by atoms with E-state index in [0.717, 1.165) is 106 Å². The number of rotatable bonds is 15. The largest absolute Gasteiger partial charge is 0.309 e. The molecule has 15 heteroatoms. The van der Waals surface area contributed by atoms with Gasteiger partial charge in [-0.05, 0) is 155 Å². The van der Waals surface area contributed by atoms with Crippen LogP contribution in [0.3, 0.4) is 0 Å². The van der Waals surface area contributed by atoms with Gasteiger partial charge in [0.1, 0.15) is 0 Å². The van der Waals surface area contributed by atoms with Crippen LogP contribution in [0.2, 0.25) is 0 Å². The van der Waals surface area contributed by atoms with E-state index < -0.39 is 0 Å². The Morgan fingerprint density at radius 1 is 0.140 bits per heavy atom. The average Bonchev–Trinajstić information content (AvgIpc) is 1.55. The van der Waals surface area contributed by atoms with Crippen molar-refractivity contribution in [2.45, 2.75) is 0 Å². The van der Waals surface area contributed by atoms with Crippen LogP contribution in [0.15, 0.2) is 510 Å². The molecule has 0 saturated heterocycles. The van der Waals surface area contributed by atoms with Crippen LogP contribution in [0.5, 0.6) is 0 Å². The van der Waals surface area contributed by atoms with Gasteiger partial charge in [-0.2, -0.15) is 0 Å². The van der Waals surface area contributed by atoms with Crippen LogP contribution in [-0.2, 0) is 0 Å². The van der Waals surface area contributed by atoms with Crippen molar-refractivity contribution < 1.29 is 0 Å². The lowest BCUT2D eigenvalue weighted by atomic mass is 10.0. The van der Waals surface area contributed by atoms with Crippen molar-refractivity contribution in [3.05, 3.63) is 510 Å². The normalized spacial score (nSPS) is 11.6. The minimum atomic E-state index is 0.628. The fourth-order valence-corrected chi connectivity index (χ4v) is 24.8. The van der Waals surface area contributed by atoms with Gasteiger partial charge in [0.05, 0.1) is 38.8 Å². The van der Waals surface area contributed by atoms with Crippen molar-refractivity contribution in [1.82, 2.24) is 58.6 Å². The molecule has 9 heterocycles. The quantitative estimate of drug-likeness (QED) is 0.0984. The molecule has 0 fully saturated rings. The smallest absolute Gasteiger partial charge is 0.166 e. The van der Waals surface area contributed by atoms with E-state index in [1.54, 1.807) is 0 Å². The Morgan fingerprint density at radius 3 is 0.760 bits per heavy atom. The van der Waals surface area contributed by atoms with Crippen LogP contribution in [0.1, 0.15) is 0 Å². The molecule has 0 N–H and O–H groups in total. The molecular formula is C135H84N12S3. The fourth-order valence-electron chi connectivity index (χ4n) is 21.4. The van der Waals surface area contributed by atoms with E-state index in [4.69, 9.17) is 44.9 Å². The van der Waals surface area contributed by atoms with E-state index in [0.29, 0.717) is 52.4 Å². The Kier molecular flexibility index (Phi) is 22.2. The number of para-hydroxylation sites is 4. The molecule has 0 aliphatic heterocycles. The van der Waals surface area contributed by atoms with Gasteiger partial charge in [-0.1, -0.05) is 388 Å². The Labute approximate surface area is 874 Å². The summed E-state index contributed by atoms with van der Waals surface area (Å²) in [5.74, 6) is 5.74. The highest BCUT2D eigenvalue weighted by molar-refractivity contribution is 7.27. The molecule has 0 spiro atoms. The summed E-state index contributed by atoms with van der Waals surface area (Å²) in [4.78, 5) is 45.8. The van der Waals surface area contributed by atoms with Crippen molar-refractivity contribution in [2.24, 2.45) is 0 Å². The van der Waals surface area contributed by atoms with Gasteiger partial charge in [0.25, 0.3) is 0 Å². The van der Waals surface area contributed by atoms with Gasteiger partial charge in [-0.25, -0.2) is 44.9 Å². The van der Waals surface area contributed by atoms with Crippen LogP contribution in [-0.4, -0.2) is 58.6 Å². The second-order valence-corrected chi connectivity index (χ2v) is 40.6. The second kappa shape index (κ2) is 37.7. The van der Waals surface area contributed by atoms with Crippen LogP contribution < -0.4 is 0 Å². The van der Waals surface area contributed by atoms with E-state index in [2.05, 4.69) is 426 Å². The summed E-state index contributed by atoms with van der Waals surface area (Å²) in [5, 5.41) is 15.1. The summed E-state index contributed by atoms with van der Waals surface area (Å²) < 4.78 is 15.0. The molecule has 0 unspecified atom stereocenters. The molecular weight excluding hydrogens is 1890 g/mol. The third-order valence-electron chi connectivity index (χ3n) is 28.3. The van der Waals surface area contributed by atoms with Crippen molar-refractivity contribution in [3.8, 4) is 153 Å². The molecule has 9 aromatic heterocycles. The zero-order valence-electron chi connectivity index (χ0n) is 80.6. The lowest BCUT2D eigenvalue weighted by Crippen LogP contribution is -2.03. The molecule has 0 aliphatic rings. The molecule has 0 bridgehead atoms. The molecule has 21 aromatic carbocycles. The molecule has 30 rings (SSSR count). The Bertz CT molecular complexity index is 10500. The third kappa shape index (κ3) is 16.0. The van der Waals surface area contributed by atoms with Crippen LogP contribution >= 0.6 is 34.0 Å². The predicted octanol–water partition coefficient (Wildman–Crippen LogP) is 36.0. The highest BCUT2D eigenvalue weighted by Gasteiger charge is 2.27. The number of hydrogen-bond donors (Lipinski definition) is 0. The fraction of sp³-hybridized carbons (Fsp3) is 0. The van der Waals surface area contributed by atoms with Crippen molar-refractivity contribution in [1.29, 1.82) is 0 Å². The molecule has 702 valence electrons. The lowest BCUT2D eigenvalue weighted by molar-refractivity contribution is 1.06. The molecule has 0 aliphatic carbocycles. The highest BCUT2D eigenvalue weighted by Crippen LogP contribution is 2.49. The van der Waals surface area contributed by atoms with Crippen LogP contribution in [0, 0.1) is 0 Å². The topological polar surface area (TPSA) is 131 Å². The highest BCUT2D eigenvalue weighted by atomic mass is 32.1. The van der Waals surface area contributed by atoms with Gasteiger partial charge in [-0.3, -0.25) is 0 Å². The Morgan fingerprint density at radius 2 is 0.393 bits per heavy atom. The SMILES string of the molecule is c1ccc(-c2cccc(-c3nc(-c4ccccc4)nc(-c4ccc(-n5c6ccccc6c6ccc7sc8ccccc8c7c65)cc4)n3)c2)cc1.c1ccc(-c2cccc(-c3nc(-c4ccccc4)nc(-c4cccc(-n5c6ccccc6c6ccc7sc8ccccc8c7c65)c4)n3)c2)cc1.c1ccc(-c2cccc(-c3nc(-c4ccccc4)nc(-c4ccccc4-n4c5ccccc5c5ccc6sc7ccccc7c6c54)n3)c2)cc1. The number of benzene rings is 21. The second-order valence-electron chi connectivity index (χ2n) is 37.3. The first kappa shape index (κ1) is 88.4. The van der Waals surface area contributed by atoms with Crippen LogP contribution in [0.25, 0.3) is 279 Å². The molecule has 0 saturated carbocycles. The zero-order chi connectivity index (χ0) is 99.1. The predicted molar refractivity (Wildman–Crippen MR) is 626 cm³/mol. The Balaban J connectivity index is 0.000000108. The number of fused-ring (bicyclic) bond motifs is 21. The average molecular weight is 1970 g/mol. The number of nitrogens with zero attached hydrogens (tertiary/aromatic N) is 12. The first-order valence-electron chi connectivity index (χ1n) is 50.1. The minimum Gasteiger partial charge on any atom is -0.309 e. The van der Waals surface area contributed by atoms with Crippen LogP contribution in [0.4, 0.5) is 0 Å². The van der Waals surface area contributed by atoms with Gasteiger partial charge in [0.2, 0.25) is 0 Å². The molecule has 150 heavy (non-hydrogen) atoms. The third-order valence-corrected chi connectivity index (χ3v) is 31.8. The monoisotopic (exact) mass is 1970 g/mol. The van der Waals surface area contributed by atoms with E-state index in [-0.39, 0.29) is 0 Å². The van der Waals surface area contributed by atoms with Crippen molar-refractivity contribution in [2.75, 3.05) is 0 Å². The summed E-state index contributed by atoms with van der Waals surface area (Å²) in [6.07, 6.45) is 0. The maximum atomic E-state index is 5.23. The lowest BCUT2D eigenvalue weighted by Gasteiger charge is -2.15. The summed E-state index contributed by atoms with van der Waals surface area (Å²) in [5.41, 5.74) is 25.6. The minimum absolute atomic E-state index is 0.628. The summed E-state index contributed by atoms with van der Waals surface area (Å²) in [6, 6.07) is 179. The molecule has 0 atom stereocenters. The number of aromatic nitrogens is 12. The van der Waals surface area contributed by atoms with Gasteiger partial charge in [0, 0.05) is 154 Å². The standard InChI is InChI=1S/3C45H28N4S/c1-3-14-29(15-4-1)31-18-13-19-32(28-31)44-46-43(30-16-5-2-6-17-30)47-45(48-44)35-21-8-11-24-38(35)49-37-23-10-7-20-33(37)34-26-27-40-41(42(34)49)36-22-9-12-25-39(36)50-40;1-3-13-29(14-4-1)31-17-11-18-32(27-31)44-46-43(30-15-5-2-6-16-30)47-45(48-44)33-19-12-20-34(28-33)49-38-23-9-7-21-35(38)36-25-26-40-41(42(36)49)37-22-8-10-24-39(37)50-40;1-3-12-29(13-4-1)32-16-11-17-33(28-32)45-47-43(30-14-5-2-6-15-30)46-44(48-45)31-22-24-34(25-23-31)49-38-20-9-7-18-35(38)36-26-27-40-41(42(36)49)37-19-8-10-21-39(37)50-40/h3*1-28H. The van der Waals surface area contributed by atoms with E-state index in [1.165, 1.54) is 120 Å². The molecule has 30 aromatic rings. The molecule has 0 radical (unpaired) electrons. The van der Waals surface area contributed by atoms with Gasteiger partial charge in [-0.15, -0.1) is 34.0 Å². The van der Waals surface area contributed by atoms with Gasteiger partial charge >= 0.3 is 0 Å². The molecule has 12 nitrogen and oxygen atoms in total. The summed E-state index contributed by atoms with van der Waals surface area (Å²) >= 11 is 5.54. The molecule has 0 amide bonds. The maximum absolute atomic E-state index is 5.23. The van der Waals surface area contributed by atoms with Gasteiger partial charge < -0.3 is 13.7 Å². The number of hydrogen-bond acceptors (Lipinski definition) is 12. The first-order valence-corrected chi connectivity index (χ1v) is 52.6. The first-order chi connectivity index (χ1) is 74.4.